The third-order valence-corrected chi connectivity index (χ3v) is 3.93. The molecule has 0 atom stereocenters. The molecule has 0 radical (unpaired) electrons. The summed E-state index contributed by atoms with van der Waals surface area (Å²) in [5.74, 6) is -0.867. The summed E-state index contributed by atoms with van der Waals surface area (Å²) in [6.07, 6.45) is 4.43. The van der Waals surface area contributed by atoms with E-state index in [0.29, 0.717) is 19.5 Å². The Hall–Kier alpha value is -2.84. The smallest absolute Gasteiger partial charge is 0.345 e. The number of nitrogens with one attached hydrogen (secondary N) is 1. The molecular formula is C15H18N4O5. The molecule has 2 aromatic heterocycles. The average Bonchev–Trinajstić information content (AvgIpc) is 3.18. The first-order valence-corrected chi connectivity index (χ1v) is 7.83. The number of carbonyl (C=O) groups is 2. The Morgan fingerprint density at radius 1 is 1.38 bits per heavy atom. The molecule has 3 heterocycles. The summed E-state index contributed by atoms with van der Waals surface area (Å²) >= 11 is 0. The van der Waals surface area contributed by atoms with Crippen LogP contribution in [0, 0.1) is 0 Å². The van der Waals surface area contributed by atoms with Crippen molar-refractivity contribution in [2.24, 2.45) is 0 Å². The van der Waals surface area contributed by atoms with Crippen LogP contribution < -0.4 is 11.0 Å². The Morgan fingerprint density at radius 3 is 2.92 bits per heavy atom. The van der Waals surface area contributed by atoms with Gasteiger partial charge in [0.1, 0.15) is 12.1 Å². The molecule has 0 spiro atoms. The van der Waals surface area contributed by atoms with E-state index in [4.69, 9.17) is 9.52 Å². The van der Waals surface area contributed by atoms with Crippen molar-refractivity contribution in [2.45, 2.75) is 38.8 Å². The molecule has 3 rings (SSSR count). The van der Waals surface area contributed by atoms with Crippen LogP contribution in [0.4, 0.5) is 0 Å². The summed E-state index contributed by atoms with van der Waals surface area (Å²) in [7, 11) is 0. The van der Waals surface area contributed by atoms with Crippen molar-refractivity contribution >= 4 is 11.9 Å². The van der Waals surface area contributed by atoms with Crippen molar-refractivity contribution in [1.29, 1.82) is 0 Å². The van der Waals surface area contributed by atoms with Crippen LogP contribution in [0.5, 0.6) is 0 Å². The topological polar surface area (TPSA) is 119 Å². The molecule has 0 saturated heterocycles. The van der Waals surface area contributed by atoms with Crippen LogP contribution in [0.2, 0.25) is 0 Å². The fraction of sp³-hybridized carbons (Fsp3) is 0.467. The van der Waals surface area contributed by atoms with Gasteiger partial charge in [0, 0.05) is 32.1 Å². The lowest BCUT2D eigenvalue weighted by atomic mass is 10.2. The number of rotatable bonds is 6. The second-order valence-electron chi connectivity index (χ2n) is 5.64. The monoisotopic (exact) mass is 334 g/mol. The first kappa shape index (κ1) is 16.0. The van der Waals surface area contributed by atoms with E-state index < -0.39 is 11.9 Å². The number of amides is 1. The second-order valence-corrected chi connectivity index (χ2v) is 5.64. The maximum absolute atomic E-state index is 12.1. The maximum atomic E-state index is 12.1. The molecule has 24 heavy (non-hydrogen) atoms. The van der Waals surface area contributed by atoms with Crippen LogP contribution in [-0.2, 0) is 19.5 Å². The third kappa shape index (κ3) is 3.24. The van der Waals surface area contributed by atoms with E-state index in [1.165, 1.54) is 10.7 Å². The lowest BCUT2D eigenvalue weighted by Crippen LogP contribution is -2.29. The highest BCUT2D eigenvalue weighted by molar-refractivity contribution is 5.95. The highest BCUT2D eigenvalue weighted by atomic mass is 16.4. The molecule has 0 fully saturated rings. The predicted octanol–water partition coefficient (Wildman–Crippen LogP) is 0.492. The van der Waals surface area contributed by atoms with Crippen LogP contribution >= 0.6 is 0 Å². The molecule has 128 valence electrons. The van der Waals surface area contributed by atoms with Gasteiger partial charge < -0.3 is 14.8 Å². The third-order valence-electron chi connectivity index (χ3n) is 3.93. The number of hydrogen-bond acceptors (Lipinski definition) is 5. The molecule has 0 bridgehead atoms. The van der Waals surface area contributed by atoms with E-state index in [0.717, 1.165) is 37.9 Å². The maximum Gasteiger partial charge on any atom is 0.345 e. The molecule has 0 saturated carbocycles. The minimum atomic E-state index is -1.15. The lowest BCUT2D eigenvalue weighted by Gasteiger charge is -2.09. The summed E-state index contributed by atoms with van der Waals surface area (Å²) in [5, 5.41) is 15.7. The highest BCUT2D eigenvalue weighted by Gasteiger charge is 2.17. The van der Waals surface area contributed by atoms with Crippen LogP contribution in [0.1, 0.15) is 46.0 Å². The first-order chi connectivity index (χ1) is 11.6. The predicted molar refractivity (Wildman–Crippen MR) is 82.0 cm³/mol. The minimum absolute atomic E-state index is 0.0537. The molecule has 2 aromatic rings. The summed E-state index contributed by atoms with van der Waals surface area (Å²) < 4.78 is 8.05. The number of carbonyl (C=O) groups excluding carboxylic acids is 1. The van der Waals surface area contributed by atoms with Crippen LogP contribution in [-0.4, -0.2) is 37.9 Å². The first-order valence-electron chi connectivity index (χ1n) is 7.83. The van der Waals surface area contributed by atoms with E-state index in [1.54, 1.807) is 4.57 Å². The molecule has 1 aliphatic rings. The van der Waals surface area contributed by atoms with Crippen molar-refractivity contribution < 1.29 is 19.1 Å². The van der Waals surface area contributed by atoms with Crippen molar-refractivity contribution in [3.8, 4) is 0 Å². The van der Waals surface area contributed by atoms with Gasteiger partial charge in [0.15, 0.2) is 5.76 Å². The summed E-state index contributed by atoms with van der Waals surface area (Å²) in [4.78, 5) is 34.7. The number of nitrogens with zero attached hydrogens (tertiary/aromatic N) is 3. The molecule has 0 aromatic carbocycles. The van der Waals surface area contributed by atoms with Gasteiger partial charge in [0.2, 0.25) is 0 Å². The number of aromatic carboxylic acids is 1. The number of aromatic nitrogens is 3. The summed E-state index contributed by atoms with van der Waals surface area (Å²) in [6, 6.07) is 1.17. The molecule has 1 amide bonds. The van der Waals surface area contributed by atoms with Crippen LogP contribution in [0.25, 0.3) is 0 Å². The van der Waals surface area contributed by atoms with Gasteiger partial charge >= 0.3 is 11.7 Å². The fourth-order valence-electron chi connectivity index (χ4n) is 2.68. The summed E-state index contributed by atoms with van der Waals surface area (Å²) in [5.41, 5.74) is -0.177. The van der Waals surface area contributed by atoms with E-state index >= 15 is 0 Å². The largest absolute Gasteiger partial charge is 0.478 e. The zero-order valence-corrected chi connectivity index (χ0v) is 13.0. The average molecular weight is 334 g/mol. The molecule has 1 aliphatic heterocycles. The molecule has 0 aliphatic carbocycles. The molecule has 9 heteroatoms. The van der Waals surface area contributed by atoms with Crippen molar-refractivity contribution in [1.82, 2.24) is 19.7 Å². The number of carboxylic acids is 1. The van der Waals surface area contributed by atoms with Crippen LogP contribution in [0.3, 0.4) is 0 Å². The van der Waals surface area contributed by atoms with Gasteiger partial charge in [-0.25, -0.2) is 14.3 Å². The van der Waals surface area contributed by atoms with Crippen LogP contribution in [0.15, 0.2) is 21.5 Å². The number of aryl methyl sites for hydroxylation is 2. The van der Waals surface area contributed by atoms with E-state index in [1.807, 2.05) is 0 Å². The lowest BCUT2D eigenvalue weighted by molar-refractivity contribution is 0.0696. The Kier molecular flexibility index (Phi) is 4.50. The Labute approximate surface area is 136 Å². The number of hydrogen-bond donors (Lipinski definition) is 2. The Balaban J connectivity index is 1.50. The summed E-state index contributed by atoms with van der Waals surface area (Å²) in [6.45, 7) is 1.46. The van der Waals surface area contributed by atoms with Gasteiger partial charge in [-0.1, -0.05) is 0 Å². The zero-order chi connectivity index (χ0) is 17.1. The van der Waals surface area contributed by atoms with Gasteiger partial charge in [-0.3, -0.25) is 9.36 Å². The number of fused-ring (bicyclic) bond motifs is 1. The fourth-order valence-corrected chi connectivity index (χ4v) is 2.68. The zero-order valence-electron chi connectivity index (χ0n) is 13.0. The number of furan rings is 1. The second kappa shape index (κ2) is 6.73. The van der Waals surface area contributed by atoms with E-state index in [2.05, 4.69) is 10.4 Å². The van der Waals surface area contributed by atoms with Gasteiger partial charge in [0.25, 0.3) is 5.91 Å². The van der Waals surface area contributed by atoms with Gasteiger partial charge in [-0.05, 0) is 19.3 Å². The molecule has 2 N–H and O–H groups in total. The minimum Gasteiger partial charge on any atom is -0.478 e. The van der Waals surface area contributed by atoms with Crippen molar-refractivity contribution in [2.75, 3.05) is 6.54 Å². The van der Waals surface area contributed by atoms with Gasteiger partial charge in [-0.2, -0.15) is 5.10 Å². The Bertz CT molecular complexity index is 816. The Morgan fingerprint density at radius 2 is 2.21 bits per heavy atom. The number of carboxylic acid groups (broad SMARTS) is 1. The van der Waals surface area contributed by atoms with Crippen molar-refractivity contribution in [3.05, 3.63) is 40.0 Å². The highest BCUT2D eigenvalue weighted by Crippen LogP contribution is 2.09. The molecule has 9 nitrogen and oxygen atoms in total. The quantitative estimate of drug-likeness (QED) is 0.742. The van der Waals surface area contributed by atoms with Gasteiger partial charge in [-0.15, -0.1) is 0 Å². The molecule has 0 unspecified atom stereocenters. The standard InChI is InChI=1S/C15H18N4O5/c20-13(11-8-10(9-24-11)14(21)22)16-5-3-7-19-15(23)18-6-2-1-4-12(18)17-19/h8-9H,1-7H2,(H,16,20)(H,21,22). The van der Waals surface area contributed by atoms with E-state index in [9.17, 15) is 14.4 Å². The van der Waals surface area contributed by atoms with Gasteiger partial charge in [0.05, 0.1) is 5.56 Å². The van der Waals surface area contributed by atoms with Crippen molar-refractivity contribution in [3.63, 3.8) is 0 Å². The van der Waals surface area contributed by atoms with E-state index in [-0.39, 0.29) is 17.0 Å². The molecular weight excluding hydrogens is 316 g/mol. The normalized spacial score (nSPS) is 13.5. The SMILES string of the molecule is O=C(O)c1coc(C(=O)NCCCn2nc3n(c2=O)CCCC3)c1.